The molecule has 1 amide bonds. The average Bonchev–Trinajstić information content (AvgIpc) is 2.59. The summed E-state index contributed by atoms with van der Waals surface area (Å²) in [5.41, 5.74) is 7.35. The lowest BCUT2D eigenvalue weighted by Crippen LogP contribution is -2.23. The zero-order valence-electron chi connectivity index (χ0n) is 11.6. The third-order valence-corrected chi connectivity index (χ3v) is 3.02. The predicted octanol–water partition coefficient (Wildman–Crippen LogP) is 2.24. The zero-order valence-corrected chi connectivity index (χ0v) is 11.6. The number of hydrogen-bond acceptors (Lipinski definition) is 4. The van der Waals surface area contributed by atoms with Gasteiger partial charge in [0, 0.05) is 12.0 Å². The molecule has 3 N–H and O–H groups in total. The van der Waals surface area contributed by atoms with E-state index in [0.717, 1.165) is 17.7 Å². The summed E-state index contributed by atoms with van der Waals surface area (Å²) < 4.78 is 5.05. The number of amides is 1. The van der Waals surface area contributed by atoms with Crippen molar-refractivity contribution in [3.05, 3.63) is 11.3 Å². The molecule has 0 bridgehead atoms. The Morgan fingerprint density at radius 2 is 2.11 bits per heavy atom. The van der Waals surface area contributed by atoms with Crippen molar-refractivity contribution in [1.82, 2.24) is 5.16 Å². The highest BCUT2D eigenvalue weighted by molar-refractivity contribution is 5.90. The first-order valence-electron chi connectivity index (χ1n) is 6.36. The number of hydrogen-bond donors (Lipinski definition) is 2. The van der Waals surface area contributed by atoms with Crippen molar-refractivity contribution in [2.24, 2.45) is 17.6 Å². The number of aromatic nitrogens is 1. The van der Waals surface area contributed by atoms with E-state index in [1.165, 1.54) is 0 Å². The molecule has 0 aliphatic heterocycles. The summed E-state index contributed by atoms with van der Waals surface area (Å²) in [6, 6.07) is 0. The van der Waals surface area contributed by atoms with Gasteiger partial charge in [0.05, 0.1) is 5.69 Å². The van der Waals surface area contributed by atoms with Gasteiger partial charge in [0.2, 0.25) is 11.8 Å². The Morgan fingerprint density at radius 1 is 1.44 bits per heavy atom. The van der Waals surface area contributed by atoms with Gasteiger partial charge < -0.3 is 10.3 Å². The molecule has 5 heteroatoms. The molecule has 0 saturated heterocycles. The van der Waals surface area contributed by atoms with Gasteiger partial charge in [-0.25, -0.2) is 0 Å². The normalized spacial score (nSPS) is 12.8. The molecule has 1 atom stereocenters. The molecule has 102 valence electrons. The van der Waals surface area contributed by atoms with Crippen LogP contribution in [0.1, 0.15) is 37.9 Å². The molecule has 1 heterocycles. The number of nitrogens with one attached hydrogen (secondary N) is 1. The molecule has 0 unspecified atom stereocenters. The fraction of sp³-hybridized carbons (Fsp3) is 0.692. The Bertz CT molecular complexity index is 399. The lowest BCUT2D eigenvalue weighted by Gasteiger charge is -2.16. The fourth-order valence-electron chi connectivity index (χ4n) is 1.90. The third-order valence-electron chi connectivity index (χ3n) is 3.02. The van der Waals surface area contributed by atoms with Crippen LogP contribution in [0.5, 0.6) is 0 Å². The lowest BCUT2D eigenvalue weighted by molar-refractivity contribution is -0.117. The molecule has 0 fully saturated rings. The number of carbonyl (C=O) groups is 1. The molecule has 0 aromatic carbocycles. The van der Waals surface area contributed by atoms with Gasteiger partial charge in [-0.1, -0.05) is 19.0 Å². The molecule has 18 heavy (non-hydrogen) atoms. The molecule has 0 aliphatic rings. The number of rotatable bonds is 6. The second-order valence-corrected chi connectivity index (χ2v) is 5.21. The zero-order chi connectivity index (χ0) is 13.7. The quantitative estimate of drug-likeness (QED) is 0.814. The van der Waals surface area contributed by atoms with Crippen LogP contribution in [-0.4, -0.2) is 17.6 Å². The van der Waals surface area contributed by atoms with E-state index in [2.05, 4.69) is 24.3 Å². The molecule has 0 saturated carbocycles. The van der Waals surface area contributed by atoms with Crippen LogP contribution in [0.15, 0.2) is 4.52 Å². The van der Waals surface area contributed by atoms with Crippen LogP contribution >= 0.6 is 0 Å². The van der Waals surface area contributed by atoms with Crippen molar-refractivity contribution in [3.63, 3.8) is 0 Å². The van der Waals surface area contributed by atoms with E-state index in [1.54, 1.807) is 0 Å². The van der Waals surface area contributed by atoms with E-state index >= 15 is 0 Å². The van der Waals surface area contributed by atoms with Crippen LogP contribution in [0.25, 0.3) is 0 Å². The Kier molecular flexibility index (Phi) is 5.34. The van der Waals surface area contributed by atoms with Crippen molar-refractivity contribution >= 4 is 11.8 Å². The van der Waals surface area contributed by atoms with E-state index in [0.29, 0.717) is 24.8 Å². The minimum Gasteiger partial charge on any atom is -0.338 e. The fourth-order valence-corrected chi connectivity index (χ4v) is 1.90. The molecular weight excluding hydrogens is 230 g/mol. The first-order chi connectivity index (χ1) is 8.43. The molecule has 0 radical (unpaired) electrons. The minimum atomic E-state index is -0.0645. The van der Waals surface area contributed by atoms with Crippen LogP contribution in [0, 0.1) is 25.7 Å². The molecule has 1 aromatic heterocycles. The number of anilines is 1. The van der Waals surface area contributed by atoms with Gasteiger partial charge in [0.15, 0.2) is 0 Å². The van der Waals surface area contributed by atoms with Gasteiger partial charge in [-0.15, -0.1) is 0 Å². The largest absolute Gasteiger partial charge is 0.338 e. The van der Waals surface area contributed by atoms with Crippen LogP contribution in [-0.2, 0) is 4.79 Å². The molecule has 1 rings (SSSR count). The van der Waals surface area contributed by atoms with Crippen molar-refractivity contribution in [3.8, 4) is 0 Å². The van der Waals surface area contributed by atoms with Crippen LogP contribution in [0.3, 0.4) is 0 Å². The standard InChI is InChI=1S/C13H23N3O2/c1-8(2)5-11(7-14)6-12(17)15-13-9(3)10(4)16-18-13/h8,11H,5-7,14H2,1-4H3,(H,15,17)/t11-/m0/s1. The monoisotopic (exact) mass is 253 g/mol. The first-order valence-corrected chi connectivity index (χ1v) is 6.36. The smallest absolute Gasteiger partial charge is 0.234 e. The Morgan fingerprint density at radius 3 is 2.56 bits per heavy atom. The van der Waals surface area contributed by atoms with E-state index in [9.17, 15) is 4.79 Å². The maximum atomic E-state index is 11.9. The average molecular weight is 253 g/mol. The molecule has 0 spiro atoms. The first kappa shape index (κ1) is 14.7. The van der Waals surface area contributed by atoms with E-state index in [4.69, 9.17) is 10.3 Å². The maximum absolute atomic E-state index is 11.9. The van der Waals surface area contributed by atoms with Crippen molar-refractivity contribution in [2.75, 3.05) is 11.9 Å². The highest BCUT2D eigenvalue weighted by Gasteiger charge is 2.17. The summed E-state index contributed by atoms with van der Waals surface area (Å²) in [5.74, 6) is 1.14. The summed E-state index contributed by atoms with van der Waals surface area (Å²) in [7, 11) is 0. The summed E-state index contributed by atoms with van der Waals surface area (Å²) in [6.07, 6.45) is 1.38. The van der Waals surface area contributed by atoms with Gasteiger partial charge in [-0.05, 0) is 38.6 Å². The van der Waals surface area contributed by atoms with Gasteiger partial charge in [-0.3, -0.25) is 10.1 Å². The van der Waals surface area contributed by atoms with Crippen molar-refractivity contribution in [2.45, 2.75) is 40.5 Å². The van der Waals surface area contributed by atoms with E-state index in [-0.39, 0.29) is 11.8 Å². The molecule has 1 aromatic rings. The molecule has 0 aliphatic carbocycles. The summed E-state index contributed by atoms with van der Waals surface area (Å²) in [4.78, 5) is 11.9. The van der Waals surface area contributed by atoms with Gasteiger partial charge >= 0.3 is 0 Å². The van der Waals surface area contributed by atoms with Gasteiger partial charge in [-0.2, -0.15) is 0 Å². The number of nitrogens with zero attached hydrogens (tertiary/aromatic N) is 1. The Hall–Kier alpha value is -1.36. The van der Waals surface area contributed by atoms with Gasteiger partial charge in [0.1, 0.15) is 0 Å². The van der Waals surface area contributed by atoms with Crippen LogP contribution < -0.4 is 11.1 Å². The van der Waals surface area contributed by atoms with Crippen LogP contribution in [0.2, 0.25) is 0 Å². The second kappa shape index (κ2) is 6.54. The number of aryl methyl sites for hydroxylation is 1. The van der Waals surface area contributed by atoms with Gasteiger partial charge in [0.25, 0.3) is 0 Å². The minimum absolute atomic E-state index is 0.0645. The maximum Gasteiger partial charge on any atom is 0.234 e. The van der Waals surface area contributed by atoms with Crippen molar-refractivity contribution in [1.29, 1.82) is 0 Å². The summed E-state index contributed by atoms with van der Waals surface area (Å²) >= 11 is 0. The number of nitrogens with two attached hydrogens (primary N) is 1. The van der Waals surface area contributed by atoms with Crippen LogP contribution in [0.4, 0.5) is 5.88 Å². The lowest BCUT2D eigenvalue weighted by atomic mass is 9.94. The Labute approximate surface area is 108 Å². The summed E-state index contributed by atoms with van der Waals surface area (Å²) in [6.45, 7) is 8.50. The highest BCUT2D eigenvalue weighted by atomic mass is 16.5. The second-order valence-electron chi connectivity index (χ2n) is 5.21. The topological polar surface area (TPSA) is 81.2 Å². The van der Waals surface area contributed by atoms with Crippen molar-refractivity contribution < 1.29 is 9.32 Å². The SMILES string of the molecule is Cc1noc(NC(=O)C[C@@H](CN)CC(C)C)c1C. The van der Waals surface area contributed by atoms with E-state index in [1.807, 2.05) is 13.8 Å². The third kappa shape index (κ3) is 4.14. The summed E-state index contributed by atoms with van der Waals surface area (Å²) in [5, 5.41) is 6.55. The Balaban J connectivity index is 2.53. The van der Waals surface area contributed by atoms with E-state index < -0.39 is 0 Å². The molecular formula is C13H23N3O2. The highest BCUT2D eigenvalue weighted by Crippen LogP contribution is 2.19. The number of carbonyl (C=O) groups excluding carboxylic acids is 1. The molecule has 5 nitrogen and oxygen atoms in total. The predicted molar refractivity (Wildman–Crippen MR) is 71.2 cm³/mol.